The second-order valence-corrected chi connectivity index (χ2v) is 1.85. The third-order valence-electron chi connectivity index (χ3n) is 0.833. The van der Waals surface area contributed by atoms with Crippen molar-refractivity contribution in [3.05, 3.63) is 0 Å². The van der Waals surface area contributed by atoms with E-state index in [4.69, 9.17) is 10.8 Å². The highest BCUT2D eigenvalue weighted by Gasteiger charge is 2.40. The maximum absolute atomic E-state index is 11.4. The Kier molecular flexibility index (Phi) is 5.06. The van der Waals surface area contributed by atoms with Gasteiger partial charge in [-0.15, -0.1) is 12.4 Å². The van der Waals surface area contributed by atoms with Crippen LogP contribution in [0.15, 0.2) is 0 Å². The van der Waals surface area contributed by atoms with Crippen LogP contribution in [0, 0.1) is 0 Å². The van der Waals surface area contributed by atoms with Gasteiger partial charge in [-0.05, 0) is 6.92 Å². The van der Waals surface area contributed by atoms with Gasteiger partial charge < -0.3 is 10.8 Å². The second kappa shape index (κ2) is 4.00. The van der Waals surface area contributed by atoms with Gasteiger partial charge in [-0.25, -0.2) is 0 Å². The lowest BCUT2D eigenvalue weighted by Crippen LogP contribution is -2.42. The average molecular weight is 180 g/mol. The third-order valence-corrected chi connectivity index (χ3v) is 0.833. The highest BCUT2D eigenvalue weighted by Crippen LogP contribution is 2.21. The molecule has 2 atom stereocenters. The van der Waals surface area contributed by atoms with Crippen LogP contribution in [0.1, 0.15) is 6.92 Å². The van der Waals surface area contributed by atoms with Crippen LogP contribution in [0.3, 0.4) is 0 Å². The largest absolute Gasteiger partial charge is 0.415 e. The molecule has 0 aromatic rings. The molecule has 0 amide bonds. The van der Waals surface area contributed by atoms with Gasteiger partial charge >= 0.3 is 6.18 Å². The van der Waals surface area contributed by atoms with Crippen molar-refractivity contribution >= 4 is 12.4 Å². The van der Waals surface area contributed by atoms with E-state index in [9.17, 15) is 13.2 Å². The van der Waals surface area contributed by atoms with Crippen LogP contribution in [0.4, 0.5) is 13.2 Å². The van der Waals surface area contributed by atoms with E-state index in [2.05, 4.69) is 0 Å². The Morgan fingerprint density at radius 1 is 1.40 bits per heavy atom. The molecule has 0 fully saturated rings. The lowest BCUT2D eigenvalue weighted by molar-refractivity contribution is -0.208. The standard InChI is InChI=1S/C4H8F3NO.ClH/c1-2(8)3(9)4(5,6)7;/h2-3,9H,8H2,1H3;1H. The van der Waals surface area contributed by atoms with Crippen molar-refractivity contribution in [1.82, 2.24) is 0 Å². The number of halogens is 4. The molecular weight excluding hydrogens is 170 g/mol. The molecule has 0 aromatic carbocycles. The van der Waals surface area contributed by atoms with Crippen LogP contribution in [-0.4, -0.2) is 23.4 Å². The van der Waals surface area contributed by atoms with E-state index in [0.29, 0.717) is 0 Å². The Morgan fingerprint density at radius 2 is 1.70 bits per heavy atom. The van der Waals surface area contributed by atoms with Crippen LogP contribution in [-0.2, 0) is 0 Å². The average Bonchev–Trinajstić information content (AvgIpc) is 1.62. The zero-order chi connectivity index (χ0) is 7.65. The molecule has 0 saturated heterocycles. The van der Waals surface area contributed by atoms with E-state index in [-0.39, 0.29) is 12.4 Å². The molecule has 0 aliphatic carbocycles. The number of nitrogens with two attached hydrogens (primary N) is 1. The smallest absolute Gasteiger partial charge is 0.382 e. The molecule has 0 bridgehead atoms. The fourth-order valence-electron chi connectivity index (χ4n) is 0.298. The maximum Gasteiger partial charge on any atom is 0.415 e. The summed E-state index contributed by atoms with van der Waals surface area (Å²) in [5.74, 6) is 0. The van der Waals surface area contributed by atoms with E-state index in [0.717, 1.165) is 6.92 Å². The normalized spacial score (nSPS) is 17.4. The maximum atomic E-state index is 11.4. The Balaban J connectivity index is 0. The first kappa shape index (κ1) is 12.7. The van der Waals surface area contributed by atoms with Gasteiger partial charge in [0.1, 0.15) is 0 Å². The van der Waals surface area contributed by atoms with Crippen molar-refractivity contribution < 1.29 is 18.3 Å². The number of hydrogen-bond donors (Lipinski definition) is 2. The zero-order valence-corrected chi connectivity index (χ0v) is 6.04. The Labute approximate surface area is 62.6 Å². The van der Waals surface area contributed by atoms with Crippen molar-refractivity contribution in [1.29, 1.82) is 0 Å². The van der Waals surface area contributed by atoms with Gasteiger partial charge in [0.25, 0.3) is 0 Å². The molecule has 2 nitrogen and oxygen atoms in total. The topological polar surface area (TPSA) is 46.2 Å². The molecule has 0 radical (unpaired) electrons. The summed E-state index contributed by atoms with van der Waals surface area (Å²) in [6.07, 6.45) is -6.99. The van der Waals surface area contributed by atoms with E-state index < -0.39 is 18.3 Å². The number of hydrogen-bond acceptors (Lipinski definition) is 2. The fraction of sp³-hybridized carbons (Fsp3) is 1.00. The fourth-order valence-corrected chi connectivity index (χ4v) is 0.298. The van der Waals surface area contributed by atoms with Gasteiger partial charge in [0.05, 0.1) is 0 Å². The minimum absolute atomic E-state index is 0. The van der Waals surface area contributed by atoms with Gasteiger partial charge in [0, 0.05) is 6.04 Å². The van der Waals surface area contributed by atoms with Crippen LogP contribution >= 0.6 is 12.4 Å². The van der Waals surface area contributed by atoms with Crippen molar-refractivity contribution in [2.45, 2.75) is 25.2 Å². The number of rotatable bonds is 1. The molecule has 3 N–H and O–H groups in total. The lowest BCUT2D eigenvalue weighted by Gasteiger charge is -2.16. The van der Waals surface area contributed by atoms with Gasteiger partial charge in [-0.3, -0.25) is 0 Å². The van der Waals surface area contributed by atoms with E-state index in [1.165, 1.54) is 0 Å². The summed E-state index contributed by atoms with van der Waals surface area (Å²) in [4.78, 5) is 0. The second-order valence-electron chi connectivity index (χ2n) is 1.85. The summed E-state index contributed by atoms with van der Waals surface area (Å²) in [6.45, 7) is 1.10. The van der Waals surface area contributed by atoms with Crippen LogP contribution in [0.5, 0.6) is 0 Å². The quantitative estimate of drug-likeness (QED) is 0.622. The molecule has 0 aliphatic rings. The van der Waals surface area contributed by atoms with E-state index in [1.807, 2.05) is 0 Å². The molecule has 0 aromatic heterocycles. The lowest BCUT2D eigenvalue weighted by atomic mass is 10.2. The molecule has 2 unspecified atom stereocenters. The predicted octanol–water partition coefficient (Wildman–Crippen LogP) is 0.679. The Hall–Kier alpha value is -0.0000000000000000555. The SMILES string of the molecule is CC(N)C(O)C(F)(F)F.Cl. The van der Waals surface area contributed by atoms with E-state index in [1.54, 1.807) is 0 Å². The van der Waals surface area contributed by atoms with Crippen LogP contribution < -0.4 is 5.73 Å². The van der Waals surface area contributed by atoms with Crippen molar-refractivity contribution in [2.75, 3.05) is 0 Å². The molecule has 0 rings (SSSR count). The molecular formula is C4H9ClF3NO. The predicted molar refractivity (Wildman–Crippen MR) is 33.0 cm³/mol. The summed E-state index contributed by atoms with van der Waals surface area (Å²) < 4.78 is 34.1. The molecule has 0 heterocycles. The minimum Gasteiger partial charge on any atom is -0.382 e. The van der Waals surface area contributed by atoms with E-state index >= 15 is 0 Å². The number of alkyl halides is 3. The first-order valence-corrected chi connectivity index (χ1v) is 2.36. The zero-order valence-electron chi connectivity index (χ0n) is 5.22. The molecule has 10 heavy (non-hydrogen) atoms. The Morgan fingerprint density at radius 3 is 1.70 bits per heavy atom. The molecule has 0 aliphatic heterocycles. The molecule has 0 saturated carbocycles. The summed E-state index contributed by atoms with van der Waals surface area (Å²) in [6, 6.07) is -1.26. The van der Waals surface area contributed by atoms with Gasteiger partial charge in [0.15, 0.2) is 6.10 Å². The molecule has 64 valence electrons. The van der Waals surface area contributed by atoms with Gasteiger partial charge in [0.2, 0.25) is 0 Å². The highest BCUT2D eigenvalue weighted by atomic mass is 35.5. The van der Waals surface area contributed by atoms with Gasteiger partial charge in [-0.2, -0.15) is 13.2 Å². The van der Waals surface area contributed by atoms with Gasteiger partial charge in [-0.1, -0.05) is 0 Å². The van der Waals surface area contributed by atoms with Crippen molar-refractivity contribution in [3.8, 4) is 0 Å². The molecule has 0 spiro atoms. The van der Waals surface area contributed by atoms with Crippen LogP contribution in [0.25, 0.3) is 0 Å². The summed E-state index contributed by atoms with van der Waals surface area (Å²) >= 11 is 0. The first-order valence-electron chi connectivity index (χ1n) is 2.36. The molecule has 6 heteroatoms. The number of aliphatic hydroxyl groups is 1. The third kappa shape index (κ3) is 3.92. The van der Waals surface area contributed by atoms with Crippen molar-refractivity contribution in [2.24, 2.45) is 5.73 Å². The first-order chi connectivity index (χ1) is 3.85. The summed E-state index contributed by atoms with van der Waals surface area (Å²) in [5, 5.41) is 8.21. The minimum atomic E-state index is -4.59. The summed E-state index contributed by atoms with van der Waals surface area (Å²) in [5.41, 5.74) is 4.75. The highest BCUT2D eigenvalue weighted by molar-refractivity contribution is 5.85. The monoisotopic (exact) mass is 179 g/mol. The van der Waals surface area contributed by atoms with Crippen LogP contribution in [0.2, 0.25) is 0 Å². The number of aliphatic hydroxyl groups excluding tert-OH is 1. The summed E-state index contributed by atoms with van der Waals surface area (Å²) in [7, 11) is 0. The Bertz CT molecular complexity index is 95.0. The van der Waals surface area contributed by atoms with Crippen molar-refractivity contribution in [3.63, 3.8) is 0 Å².